The van der Waals surface area contributed by atoms with E-state index >= 15 is 0 Å². The number of hydrogen-bond acceptors (Lipinski definition) is 6. The van der Waals surface area contributed by atoms with Crippen LogP contribution in [-0.2, 0) is 26.0 Å². The Balaban J connectivity index is 1.91. The number of ether oxygens (including phenoxy) is 2. The van der Waals surface area contributed by atoms with Crippen LogP contribution in [-0.4, -0.2) is 70.3 Å². The topological polar surface area (TPSA) is 105 Å². The summed E-state index contributed by atoms with van der Waals surface area (Å²) in [6.07, 6.45) is 0.926. The first-order valence-corrected chi connectivity index (χ1v) is 13.4. The molecule has 190 valence electrons. The summed E-state index contributed by atoms with van der Waals surface area (Å²) in [5.74, 6) is 0.0118. The first kappa shape index (κ1) is 26.3. The summed E-state index contributed by atoms with van der Waals surface area (Å²) in [6, 6.07) is 13.7. The van der Waals surface area contributed by atoms with Crippen LogP contribution in [0, 0.1) is 0 Å². The van der Waals surface area contributed by atoms with Gasteiger partial charge in [0.2, 0.25) is 21.8 Å². The van der Waals surface area contributed by atoms with Gasteiger partial charge in [0.15, 0.2) is 11.5 Å². The van der Waals surface area contributed by atoms with Crippen molar-refractivity contribution in [2.45, 2.75) is 32.7 Å². The molecule has 1 aliphatic rings. The van der Waals surface area contributed by atoms with Gasteiger partial charge in [-0.1, -0.05) is 37.3 Å². The summed E-state index contributed by atoms with van der Waals surface area (Å²) in [5.41, 5.74) is 1.32. The maximum Gasteiger partial charge on any atom is 0.244 e. The number of carbonyl (C=O) groups is 2. The third kappa shape index (κ3) is 6.45. The number of nitrogens with zero attached hydrogens (tertiary/aromatic N) is 2. The summed E-state index contributed by atoms with van der Waals surface area (Å²) in [7, 11) is -2.28. The minimum atomic E-state index is -3.80. The van der Waals surface area contributed by atoms with Crippen molar-refractivity contribution in [3.8, 4) is 11.5 Å². The molecule has 0 saturated carbocycles. The van der Waals surface area contributed by atoms with Crippen LogP contribution < -0.4 is 19.1 Å². The molecule has 1 heterocycles. The highest BCUT2D eigenvalue weighted by Crippen LogP contribution is 2.35. The fraction of sp³-hybridized carbons (Fsp3) is 0.440. The number of sulfonamides is 1. The molecule has 10 heteroatoms. The number of likely N-dealkylation sites (N-methyl/N-ethyl adjacent to an activating group) is 1. The number of benzene rings is 2. The van der Waals surface area contributed by atoms with Gasteiger partial charge >= 0.3 is 0 Å². The SMILES string of the molecule is CC[C@@H](C(=O)NC)N(CCc1ccccc1)C(=O)CN(c1ccc2c(c1)OCCO2)S(=O)(=O)CC. The number of carbonyl (C=O) groups excluding carboxylic acids is 2. The average Bonchev–Trinajstić information content (AvgIpc) is 2.89. The second-order valence-corrected chi connectivity index (χ2v) is 10.3. The van der Waals surface area contributed by atoms with E-state index in [0.29, 0.717) is 43.2 Å². The Hall–Kier alpha value is -3.27. The minimum absolute atomic E-state index is 0.189. The highest BCUT2D eigenvalue weighted by molar-refractivity contribution is 7.92. The van der Waals surface area contributed by atoms with E-state index in [1.165, 1.54) is 18.9 Å². The molecule has 2 aromatic rings. The monoisotopic (exact) mass is 503 g/mol. The van der Waals surface area contributed by atoms with Crippen LogP contribution in [0.15, 0.2) is 48.5 Å². The van der Waals surface area contributed by atoms with Gasteiger partial charge in [0.1, 0.15) is 25.8 Å². The lowest BCUT2D eigenvalue weighted by atomic mass is 10.1. The molecule has 9 nitrogen and oxygen atoms in total. The van der Waals surface area contributed by atoms with E-state index in [2.05, 4.69) is 5.32 Å². The summed E-state index contributed by atoms with van der Waals surface area (Å²) in [4.78, 5) is 27.7. The average molecular weight is 504 g/mol. The van der Waals surface area contributed by atoms with E-state index in [1.807, 2.05) is 37.3 Å². The maximum atomic E-state index is 13.6. The molecular weight excluding hydrogens is 470 g/mol. The predicted octanol–water partition coefficient (Wildman–Crippen LogP) is 2.21. The third-order valence-electron chi connectivity index (χ3n) is 5.91. The van der Waals surface area contributed by atoms with Gasteiger partial charge in [0.05, 0.1) is 11.4 Å². The first-order chi connectivity index (χ1) is 16.8. The predicted molar refractivity (Wildman–Crippen MR) is 134 cm³/mol. The van der Waals surface area contributed by atoms with Gasteiger partial charge in [-0.05, 0) is 37.5 Å². The molecule has 1 aliphatic heterocycles. The van der Waals surface area contributed by atoms with Crippen molar-refractivity contribution < 1.29 is 27.5 Å². The molecular formula is C25H33N3O6S. The number of hydrogen-bond donors (Lipinski definition) is 1. The van der Waals surface area contributed by atoms with Crippen molar-refractivity contribution in [3.05, 3.63) is 54.1 Å². The number of amides is 2. The Labute approximate surface area is 207 Å². The zero-order chi connectivity index (χ0) is 25.4. The van der Waals surface area contributed by atoms with E-state index in [1.54, 1.807) is 18.2 Å². The molecule has 0 radical (unpaired) electrons. The van der Waals surface area contributed by atoms with Crippen LogP contribution in [0.2, 0.25) is 0 Å². The van der Waals surface area contributed by atoms with Crippen LogP contribution in [0.1, 0.15) is 25.8 Å². The molecule has 0 saturated heterocycles. The molecule has 0 aromatic heterocycles. The Morgan fingerprint density at radius 1 is 1.03 bits per heavy atom. The van der Waals surface area contributed by atoms with Gasteiger partial charge in [0.25, 0.3) is 0 Å². The summed E-state index contributed by atoms with van der Waals surface area (Å²) >= 11 is 0. The number of rotatable bonds is 11. The highest BCUT2D eigenvalue weighted by Gasteiger charge is 2.32. The third-order valence-corrected chi connectivity index (χ3v) is 7.65. The molecule has 0 unspecified atom stereocenters. The molecule has 1 atom stereocenters. The first-order valence-electron chi connectivity index (χ1n) is 11.8. The normalized spacial score (nSPS) is 13.6. The second kappa shape index (κ2) is 11.9. The van der Waals surface area contributed by atoms with Gasteiger partial charge in [0, 0.05) is 19.7 Å². The summed E-state index contributed by atoms with van der Waals surface area (Å²) in [6.45, 7) is 3.96. The van der Waals surface area contributed by atoms with Crippen LogP contribution in [0.5, 0.6) is 11.5 Å². The molecule has 0 spiro atoms. The zero-order valence-corrected chi connectivity index (χ0v) is 21.2. The zero-order valence-electron chi connectivity index (χ0n) is 20.4. The fourth-order valence-corrected chi connectivity index (χ4v) is 5.02. The molecule has 1 N–H and O–H groups in total. The smallest absolute Gasteiger partial charge is 0.244 e. The van der Waals surface area contributed by atoms with Gasteiger partial charge in [-0.25, -0.2) is 8.42 Å². The Morgan fingerprint density at radius 3 is 2.34 bits per heavy atom. The van der Waals surface area contributed by atoms with Crippen molar-refractivity contribution in [2.24, 2.45) is 0 Å². The quantitative estimate of drug-likeness (QED) is 0.504. The van der Waals surface area contributed by atoms with Crippen molar-refractivity contribution >= 4 is 27.5 Å². The minimum Gasteiger partial charge on any atom is -0.486 e. The van der Waals surface area contributed by atoms with Gasteiger partial charge in [-0.3, -0.25) is 13.9 Å². The van der Waals surface area contributed by atoms with E-state index in [0.717, 1.165) is 9.87 Å². The lowest BCUT2D eigenvalue weighted by Crippen LogP contribution is -2.53. The maximum absolute atomic E-state index is 13.6. The molecule has 0 aliphatic carbocycles. The van der Waals surface area contributed by atoms with E-state index in [-0.39, 0.29) is 18.2 Å². The van der Waals surface area contributed by atoms with Gasteiger partial charge < -0.3 is 19.7 Å². The van der Waals surface area contributed by atoms with Crippen molar-refractivity contribution in [2.75, 3.05) is 43.4 Å². The van der Waals surface area contributed by atoms with E-state index < -0.39 is 28.5 Å². The van der Waals surface area contributed by atoms with Crippen molar-refractivity contribution in [1.82, 2.24) is 10.2 Å². The summed E-state index contributed by atoms with van der Waals surface area (Å²) < 4.78 is 38.3. The highest BCUT2D eigenvalue weighted by atomic mass is 32.2. The lowest BCUT2D eigenvalue weighted by molar-refractivity contribution is -0.139. The fourth-order valence-electron chi connectivity index (χ4n) is 3.97. The van der Waals surface area contributed by atoms with Crippen molar-refractivity contribution in [3.63, 3.8) is 0 Å². The Kier molecular flexibility index (Phi) is 8.97. The van der Waals surface area contributed by atoms with E-state index in [4.69, 9.17) is 9.47 Å². The van der Waals surface area contributed by atoms with E-state index in [9.17, 15) is 18.0 Å². The lowest BCUT2D eigenvalue weighted by Gasteiger charge is -2.33. The second-order valence-electron chi connectivity index (χ2n) is 8.10. The number of fused-ring (bicyclic) bond motifs is 1. The Bertz CT molecular complexity index is 1120. The Morgan fingerprint density at radius 2 is 1.71 bits per heavy atom. The largest absolute Gasteiger partial charge is 0.486 e. The van der Waals surface area contributed by atoms with Crippen LogP contribution in [0.3, 0.4) is 0 Å². The van der Waals surface area contributed by atoms with Crippen LogP contribution in [0.4, 0.5) is 5.69 Å². The number of nitrogens with one attached hydrogen (secondary N) is 1. The molecule has 3 rings (SSSR count). The molecule has 2 aromatic carbocycles. The molecule has 0 bridgehead atoms. The summed E-state index contributed by atoms with van der Waals surface area (Å²) in [5, 5.41) is 2.61. The molecule has 35 heavy (non-hydrogen) atoms. The standard InChI is InChI=1S/C25H33N3O6S/c1-4-21(25(30)26-3)27(14-13-19-9-7-6-8-10-19)24(29)18-28(35(31,32)5-2)20-11-12-22-23(17-20)34-16-15-33-22/h6-12,17,21H,4-5,13-16,18H2,1-3H3,(H,26,30)/t21-/m0/s1. The number of anilines is 1. The van der Waals surface area contributed by atoms with Gasteiger partial charge in [-0.2, -0.15) is 0 Å². The van der Waals surface area contributed by atoms with Crippen molar-refractivity contribution in [1.29, 1.82) is 0 Å². The van der Waals surface area contributed by atoms with Gasteiger partial charge in [-0.15, -0.1) is 0 Å². The van der Waals surface area contributed by atoms with Crippen LogP contribution >= 0.6 is 0 Å². The molecule has 2 amide bonds. The van der Waals surface area contributed by atoms with Crippen LogP contribution in [0.25, 0.3) is 0 Å². The molecule has 0 fully saturated rings.